The molecule has 0 saturated heterocycles. The fourth-order valence-corrected chi connectivity index (χ4v) is 0.856. The average molecular weight is 212 g/mol. The maximum Gasteiger partial charge on any atom is 0.434 e. The molecule has 0 spiro atoms. The summed E-state index contributed by atoms with van der Waals surface area (Å²) in [6, 6.07) is 3.18. The van der Waals surface area contributed by atoms with Crippen molar-refractivity contribution in [3.05, 3.63) is 23.3 Å². The summed E-state index contributed by atoms with van der Waals surface area (Å²) in [5.74, 6) is 0. The van der Waals surface area contributed by atoms with Crippen LogP contribution in [0.4, 0.5) is 13.2 Å². The summed E-state index contributed by atoms with van der Waals surface area (Å²) in [6.07, 6.45) is -4.52. The molecule has 1 heterocycles. The van der Waals surface area contributed by atoms with Crippen LogP contribution in [0.25, 0.3) is 0 Å². The molecule has 0 aromatic carbocycles. The largest absolute Gasteiger partial charge is 0.434 e. The molecule has 15 heavy (non-hydrogen) atoms. The Labute approximate surface area is 82.6 Å². The van der Waals surface area contributed by atoms with Gasteiger partial charge < -0.3 is 0 Å². The first-order valence-corrected chi connectivity index (χ1v) is 3.69. The predicted octanol–water partition coefficient (Wildman–Crippen LogP) is 1.43. The van der Waals surface area contributed by atoms with Crippen LogP contribution >= 0.6 is 0 Å². The normalized spacial score (nSPS) is 10.5. The minimum Gasteiger partial charge on any atom is -0.243 e. The van der Waals surface area contributed by atoms with Crippen LogP contribution < -0.4 is 0 Å². The average Bonchev–Trinajstić information content (AvgIpc) is 2.17. The molecule has 0 aliphatic carbocycles. The molecule has 0 saturated carbocycles. The van der Waals surface area contributed by atoms with E-state index >= 15 is 0 Å². The molecule has 0 atom stereocenters. The maximum atomic E-state index is 12.2. The van der Waals surface area contributed by atoms with Gasteiger partial charge in [-0.25, -0.2) is 9.97 Å². The van der Waals surface area contributed by atoms with Gasteiger partial charge in [0, 0.05) is 0 Å². The lowest BCUT2D eigenvalue weighted by molar-refractivity contribution is -0.141. The molecular formula is C8H3F3N4. The zero-order chi connectivity index (χ0) is 11.5. The van der Waals surface area contributed by atoms with E-state index in [1.807, 2.05) is 0 Å². The molecule has 0 amide bonds. The van der Waals surface area contributed by atoms with Crippen molar-refractivity contribution in [3.8, 4) is 12.1 Å². The number of nitriles is 2. The highest BCUT2D eigenvalue weighted by Gasteiger charge is 2.33. The Kier molecular flexibility index (Phi) is 2.86. The van der Waals surface area contributed by atoms with Crippen LogP contribution in [0.2, 0.25) is 0 Å². The van der Waals surface area contributed by atoms with E-state index in [1.54, 1.807) is 12.1 Å². The first kappa shape index (κ1) is 10.9. The van der Waals surface area contributed by atoms with Gasteiger partial charge in [0.1, 0.15) is 6.07 Å². The van der Waals surface area contributed by atoms with Crippen molar-refractivity contribution in [2.24, 2.45) is 0 Å². The van der Waals surface area contributed by atoms with Crippen molar-refractivity contribution in [1.82, 2.24) is 9.97 Å². The van der Waals surface area contributed by atoms with Crippen LogP contribution in [0.1, 0.15) is 17.1 Å². The number of alkyl halides is 3. The standard InChI is InChI=1S/C8H3F3N4/c9-8(10,11)7-4-14-6(3-13)5(15-7)1-2-12/h4H,1H2. The summed E-state index contributed by atoms with van der Waals surface area (Å²) in [7, 11) is 0. The Hall–Kier alpha value is -2.15. The number of rotatable bonds is 1. The van der Waals surface area contributed by atoms with Crippen LogP contribution in [0, 0.1) is 22.7 Å². The van der Waals surface area contributed by atoms with E-state index in [0.29, 0.717) is 6.20 Å². The first-order valence-electron chi connectivity index (χ1n) is 3.69. The van der Waals surface area contributed by atoms with Crippen LogP contribution in [0.15, 0.2) is 6.20 Å². The minimum absolute atomic E-state index is 0.255. The highest BCUT2D eigenvalue weighted by Crippen LogP contribution is 2.27. The summed E-state index contributed by atoms with van der Waals surface area (Å²) in [5, 5.41) is 16.8. The smallest absolute Gasteiger partial charge is 0.243 e. The second-order valence-corrected chi connectivity index (χ2v) is 2.49. The number of halogens is 3. The van der Waals surface area contributed by atoms with Crippen molar-refractivity contribution >= 4 is 0 Å². The lowest BCUT2D eigenvalue weighted by Crippen LogP contribution is -2.11. The molecule has 0 aliphatic heterocycles. The molecule has 0 radical (unpaired) electrons. The van der Waals surface area contributed by atoms with Crippen molar-refractivity contribution in [1.29, 1.82) is 10.5 Å². The third kappa shape index (κ3) is 2.41. The van der Waals surface area contributed by atoms with Gasteiger partial charge in [0.15, 0.2) is 11.4 Å². The van der Waals surface area contributed by atoms with E-state index < -0.39 is 11.9 Å². The minimum atomic E-state index is -4.62. The fourth-order valence-electron chi connectivity index (χ4n) is 0.856. The number of hydrogen-bond donors (Lipinski definition) is 0. The third-order valence-electron chi connectivity index (χ3n) is 1.49. The molecule has 0 fully saturated rings. The van der Waals surface area contributed by atoms with E-state index in [9.17, 15) is 13.2 Å². The summed E-state index contributed by atoms with van der Waals surface area (Å²) in [4.78, 5) is 6.46. The second kappa shape index (κ2) is 3.93. The van der Waals surface area contributed by atoms with Gasteiger partial charge in [-0.2, -0.15) is 23.7 Å². The van der Waals surface area contributed by atoms with E-state index in [-0.39, 0.29) is 17.8 Å². The van der Waals surface area contributed by atoms with Gasteiger partial charge in [-0.05, 0) is 0 Å². The molecule has 1 rings (SSSR count). The SMILES string of the molecule is N#CCc1nc(C(F)(F)F)cnc1C#N. The Bertz CT molecular complexity index is 452. The maximum absolute atomic E-state index is 12.2. The molecule has 4 nitrogen and oxygen atoms in total. The summed E-state index contributed by atoms with van der Waals surface area (Å²) >= 11 is 0. The van der Waals surface area contributed by atoms with Gasteiger partial charge in [-0.3, -0.25) is 0 Å². The van der Waals surface area contributed by atoms with Crippen molar-refractivity contribution in [3.63, 3.8) is 0 Å². The predicted molar refractivity (Wildman–Crippen MR) is 41.1 cm³/mol. The van der Waals surface area contributed by atoms with E-state index in [0.717, 1.165) is 0 Å². The molecule has 0 bridgehead atoms. The van der Waals surface area contributed by atoms with Crippen molar-refractivity contribution < 1.29 is 13.2 Å². The van der Waals surface area contributed by atoms with E-state index in [2.05, 4.69) is 9.97 Å². The van der Waals surface area contributed by atoms with Crippen LogP contribution in [-0.2, 0) is 12.6 Å². The molecule has 1 aromatic heterocycles. The quantitative estimate of drug-likeness (QED) is 0.705. The Morgan fingerprint density at radius 3 is 2.47 bits per heavy atom. The summed E-state index contributed by atoms with van der Waals surface area (Å²) in [6.45, 7) is 0. The monoisotopic (exact) mass is 212 g/mol. The first-order chi connectivity index (χ1) is 6.99. The lowest BCUT2D eigenvalue weighted by Gasteiger charge is -2.06. The number of aromatic nitrogens is 2. The Morgan fingerprint density at radius 2 is 2.00 bits per heavy atom. The van der Waals surface area contributed by atoms with Gasteiger partial charge in [0.25, 0.3) is 0 Å². The zero-order valence-corrected chi connectivity index (χ0v) is 7.21. The number of hydrogen-bond acceptors (Lipinski definition) is 4. The molecule has 0 unspecified atom stereocenters. The Balaban J connectivity index is 3.25. The van der Waals surface area contributed by atoms with E-state index in [1.165, 1.54) is 0 Å². The number of nitrogens with zero attached hydrogens (tertiary/aromatic N) is 4. The zero-order valence-electron chi connectivity index (χ0n) is 7.21. The van der Waals surface area contributed by atoms with Crippen LogP contribution in [-0.4, -0.2) is 9.97 Å². The second-order valence-electron chi connectivity index (χ2n) is 2.49. The van der Waals surface area contributed by atoms with Gasteiger partial charge >= 0.3 is 6.18 Å². The molecular weight excluding hydrogens is 209 g/mol. The lowest BCUT2D eigenvalue weighted by atomic mass is 10.2. The van der Waals surface area contributed by atoms with E-state index in [4.69, 9.17) is 10.5 Å². The molecule has 0 aliphatic rings. The highest BCUT2D eigenvalue weighted by atomic mass is 19.4. The highest BCUT2D eigenvalue weighted by molar-refractivity contribution is 5.28. The van der Waals surface area contributed by atoms with Gasteiger partial charge in [-0.15, -0.1) is 0 Å². The van der Waals surface area contributed by atoms with Crippen LogP contribution in [0.5, 0.6) is 0 Å². The summed E-state index contributed by atoms with van der Waals surface area (Å²) in [5.41, 5.74) is -1.72. The van der Waals surface area contributed by atoms with Crippen molar-refractivity contribution in [2.75, 3.05) is 0 Å². The fraction of sp³-hybridized carbons (Fsp3) is 0.250. The van der Waals surface area contributed by atoms with Gasteiger partial charge in [-0.1, -0.05) is 0 Å². The molecule has 0 N–H and O–H groups in total. The molecule has 76 valence electrons. The van der Waals surface area contributed by atoms with Gasteiger partial charge in [0.2, 0.25) is 0 Å². The Morgan fingerprint density at radius 1 is 1.33 bits per heavy atom. The topological polar surface area (TPSA) is 73.4 Å². The van der Waals surface area contributed by atoms with Gasteiger partial charge in [0.05, 0.1) is 24.4 Å². The summed E-state index contributed by atoms with van der Waals surface area (Å²) < 4.78 is 36.5. The molecule has 1 aromatic rings. The van der Waals surface area contributed by atoms with Crippen LogP contribution in [0.3, 0.4) is 0 Å². The third-order valence-corrected chi connectivity index (χ3v) is 1.49. The van der Waals surface area contributed by atoms with Crippen molar-refractivity contribution in [2.45, 2.75) is 12.6 Å². The molecule has 7 heteroatoms.